The van der Waals surface area contributed by atoms with E-state index in [4.69, 9.17) is 16.3 Å². The Hall–Kier alpha value is -1.93. The summed E-state index contributed by atoms with van der Waals surface area (Å²) in [6.45, 7) is 2.36. The number of hydrogen-bond acceptors (Lipinski definition) is 4. The van der Waals surface area contributed by atoms with Crippen molar-refractivity contribution in [3.63, 3.8) is 0 Å². The third-order valence-corrected chi connectivity index (χ3v) is 5.88. The lowest BCUT2D eigenvalue weighted by Gasteiger charge is -2.04. The van der Waals surface area contributed by atoms with Crippen molar-refractivity contribution in [3.05, 3.63) is 69.3 Å². The molecule has 0 aliphatic carbocycles. The van der Waals surface area contributed by atoms with Crippen molar-refractivity contribution in [1.29, 1.82) is 0 Å². The van der Waals surface area contributed by atoms with Crippen LogP contribution in [0.2, 0.25) is 5.02 Å². The summed E-state index contributed by atoms with van der Waals surface area (Å²) < 4.78 is 7.47. The monoisotopic (exact) mass is 386 g/mol. The van der Waals surface area contributed by atoms with E-state index in [0.29, 0.717) is 22.8 Å². The fourth-order valence-electron chi connectivity index (χ4n) is 2.22. The van der Waals surface area contributed by atoms with Gasteiger partial charge >= 0.3 is 0 Å². The first-order valence-corrected chi connectivity index (χ1v) is 9.82. The molecule has 0 radical (unpaired) electrons. The van der Waals surface area contributed by atoms with Crippen LogP contribution in [0.25, 0.3) is 10.1 Å². The Balaban J connectivity index is 1.58. The standard InChI is InChI=1S/C20H15ClO2S2/c1-14-6-2-3-7-18(14)23-10-4-5-11-24-20-13-17(22)16-9-8-15(21)12-19(16)25-20/h2-3,6-9,12-13H,10-11H2,1H3. The van der Waals surface area contributed by atoms with Crippen molar-refractivity contribution in [1.82, 2.24) is 0 Å². The van der Waals surface area contributed by atoms with E-state index >= 15 is 0 Å². The van der Waals surface area contributed by atoms with Crippen LogP contribution in [0.1, 0.15) is 5.56 Å². The molecule has 1 heterocycles. The number of aryl methyl sites for hydroxylation is 1. The van der Waals surface area contributed by atoms with Crippen LogP contribution >= 0.6 is 34.7 Å². The fourth-order valence-corrected chi connectivity index (χ4v) is 4.49. The number of ether oxygens (including phenoxy) is 1. The first kappa shape index (κ1) is 17.9. The maximum absolute atomic E-state index is 12.1. The Kier molecular flexibility index (Phi) is 6.04. The summed E-state index contributed by atoms with van der Waals surface area (Å²) in [7, 11) is 0. The van der Waals surface area contributed by atoms with Gasteiger partial charge in [0, 0.05) is 21.2 Å². The predicted octanol–water partition coefficient (Wildman–Crippen LogP) is 5.40. The molecule has 1 aromatic heterocycles. The van der Waals surface area contributed by atoms with Gasteiger partial charge in [0.25, 0.3) is 0 Å². The molecule has 0 saturated carbocycles. The molecule has 0 amide bonds. The first-order chi connectivity index (χ1) is 12.1. The summed E-state index contributed by atoms with van der Waals surface area (Å²) in [6, 6.07) is 14.9. The van der Waals surface area contributed by atoms with Crippen LogP contribution in [0.5, 0.6) is 5.75 Å². The van der Waals surface area contributed by atoms with E-state index in [9.17, 15) is 4.79 Å². The topological polar surface area (TPSA) is 26.3 Å². The maximum Gasteiger partial charge on any atom is 0.189 e. The van der Waals surface area contributed by atoms with Gasteiger partial charge in [-0.15, -0.1) is 23.1 Å². The van der Waals surface area contributed by atoms with Crippen LogP contribution in [0.4, 0.5) is 0 Å². The van der Waals surface area contributed by atoms with E-state index in [1.54, 1.807) is 41.3 Å². The minimum Gasteiger partial charge on any atom is -0.481 e. The molecule has 2 aromatic carbocycles. The SMILES string of the molecule is Cc1ccccc1OCC#CCSc1cc(=O)c2ccc(Cl)cc2s1. The molecule has 3 rings (SSSR count). The fraction of sp³-hybridized carbons (Fsp3) is 0.150. The number of fused-ring (bicyclic) bond motifs is 1. The van der Waals surface area contributed by atoms with E-state index in [0.717, 1.165) is 20.2 Å². The Morgan fingerprint density at radius 1 is 1.16 bits per heavy atom. The summed E-state index contributed by atoms with van der Waals surface area (Å²) >= 11 is 9.12. The third kappa shape index (κ3) is 4.79. The van der Waals surface area contributed by atoms with Crippen LogP contribution in [0.3, 0.4) is 0 Å². The van der Waals surface area contributed by atoms with Gasteiger partial charge < -0.3 is 4.74 Å². The van der Waals surface area contributed by atoms with Crippen LogP contribution in [-0.2, 0) is 0 Å². The lowest BCUT2D eigenvalue weighted by molar-refractivity contribution is 0.367. The Bertz CT molecular complexity index is 1020. The molecule has 0 atom stereocenters. The molecule has 0 aliphatic heterocycles. The van der Waals surface area contributed by atoms with E-state index in [1.807, 2.05) is 37.3 Å². The van der Waals surface area contributed by atoms with Gasteiger partial charge in [0.15, 0.2) is 5.43 Å². The number of thioether (sulfide) groups is 1. The van der Waals surface area contributed by atoms with E-state index in [-0.39, 0.29) is 5.43 Å². The molecule has 0 unspecified atom stereocenters. The second-order valence-electron chi connectivity index (χ2n) is 5.27. The van der Waals surface area contributed by atoms with Crippen LogP contribution in [0.15, 0.2) is 57.5 Å². The molecule has 5 heteroatoms. The van der Waals surface area contributed by atoms with Crippen molar-refractivity contribution in [2.24, 2.45) is 0 Å². The van der Waals surface area contributed by atoms with E-state index in [1.165, 1.54) is 0 Å². The second kappa shape index (κ2) is 8.44. The molecule has 126 valence electrons. The Morgan fingerprint density at radius 2 is 2.00 bits per heavy atom. The molecule has 25 heavy (non-hydrogen) atoms. The van der Waals surface area contributed by atoms with Crippen LogP contribution < -0.4 is 10.2 Å². The third-order valence-electron chi connectivity index (χ3n) is 3.47. The van der Waals surface area contributed by atoms with Crippen molar-refractivity contribution in [3.8, 4) is 17.6 Å². The van der Waals surface area contributed by atoms with Gasteiger partial charge in [-0.1, -0.05) is 41.6 Å². The highest BCUT2D eigenvalue weighted by Crippen LogP contribution is 2.28. The van der Waals surface area contributed by atoms with Gasteiger partial charge in [0.2, 0.25) is 0 Å². The smallest absolute Gasteiger partial charge is 0.189 e. The number of para-hydroxylation sites is 1. The van der Waals surface area contributed by atoms with Crippen molar-refractivity contribution >= 4 is 44.8 Å². The molecular weight excluding hydrogens is 372 g/mol. The normalized spacial score (nSPS) is 10.3. The van der Waals surface area contributed by atoms with Gasteiger partial charge in [-0.3, -0.25) is 4.79 Å². The van der Waals surface area contributed by atoms with E-state index in [2.05, 4.69) is 11.8 Å². The highest BCUT2D eigenvalue weighted by Gasteiger charge is 2.04. The molecule has 0 N–H and O–H groups in total. The molecule has 0 fully saturated rings. The van der Waals surface area contributed by atoms with Crippen LogP contribution in [0, 0.1) is 18.8 Å². The zero-order valence-corrected chi connectivity index (χ0v) is 15.9. The van der Waals surface area contributed by atoms with Gasteiger partial charge in [0.1, 0.15) is 12.4 Å². The minimum atomic E-state index is 0.0174. The van der Waals surface area contributed by atoms with Crippen molar-refractivity contribution < 1.29 is 4.74 Å². The molecule has 3 aromatic rings. The molecule has 0 bridgehead atoms. The lowest BCUT2D eigenvalue weighted by Crippen LogP contribution is -1.98. The summed E-state index contributed by atoms with van der Waals surface area (Å²) in [5.41, 5.74) is 1.11. The summed E-state index contributed by atoms with van der Waals surface area (Å²) in [5, 5.41) is 1.34. The molecule has 0 saturated heterocycles. The second-order valence-corrected chi connectivity index (χ2v) is 8.06. The molecular formula is C20H15ClO2S2. The van der Waals surface area contributed by atoms with Crippen LogP contribution in [-0.4, -0.2) is 12.4 Å². The number of halogens is 1. The van der Waals surface area contributed by atoms with Gasteiger partial charge in [-0.2, -0.15) is 0 Å². The highest BCUT2D eigenvalue weighted by atomic mass is 35.5. The average Bonchev–Trinajstić information content (AvgIpc) is 2.59. The Labute approximate surface area is 159 Å². The Morgan fingerprint density at radius 3 is 2.84 bits per heavy atom. The van der Waals surface area contributed by atoms with Crippen molar-refractivity contribution in [2.45, 2.75) is 11.1 Å². The molecule has 2 nitrogen and oxygen atoms in total. The van der Waals surface area contributed by atoms with Gasteiger partial charge in [-0.05, 0) is 36.8 Å². The largest absolute Gasteiger partial charge is 0.481 e. The minimum absolute atomic E-state index is 0.0174. The summed E-state index contributed by atoms with van der Waals surface area (Å²) in [5.74, 6) is 7.54. The lowest BCUT2D eigenvalue weighted by atomic mass is 10.2. The number of benzene rings is 2. The highest BCUT2D eigenvalue weighted by molar-refractivity contribution is 8.01. The number of hydrogen-bond donors (Lipinski definition) is 0. The summed E-state index contributed by atoms with van der Waals surface area (Å²) in [4.78, 5) is 12.1. The zero-order chi connectivity index (χ0) is 17.6. The maximum atomic E-state index is 12.1. The van der Waals surface area contributed by atoms with Crippen molar-refractivity contribution in [2.75, 3.05) is 12.4 Å². The van der Waals surface area contributed by atoms with Gasteiger partial charge in [0.05, 0.1) is 9.96 Å². The van der Waals surface area contributed by atoms with Gasteiger partial charge in [-0.25, -0.2) is 0 Å². The summed E-state index contributed by atoms with van der Waals surface area (Å²) in [6.07, 6.45) is 0. The number of rotatable bonds is 4. The molecule has 0 spiro atoms. The zero-order valence-electron chi connectivity index (χ0n) is 13.5. The average molecular weight is 387 g/mol. The van der Waals surface area contributed by atoms with E-state index < -0.39 is 0 Å². The molecule has 0 aliphatic rings. The first-order valence-electron chi connectivity index (χ1n) is 7.64. The quantitative estimate of drug-likeness (QED) is 0.443. The predicted molar refractivity (Wildman–Crippen MR) is 108 cm³/mol.